The first-order valence-corrected chi connectivity index (χ1v) is 8.80. The highest BCUT2D eigenvalue weighted by Crippen LogP contribution is 2.20. The van der Waals surface area contributed by atoms with Crippen molar-refractivity contribution in [3.05, 3.63) is 52.2 Å². The average Bonchev–Trinajstić information content (AvgIpc) is 3.12. The molecule has 1 unspecified atom stereocenters. The van der Waals surface area contributed by atoms with Gasteiger partial charge in [-0.05, 0) is 24.4 Å². The van der Waals surface area contributed by atoms with Crippen LogP contribution in [0, 0.1) is 0 Å². The number of nitrogens with one attached hydrogen (secondary N) is 2. The molecule has 1 atom stereocenters. The zero-order chi connectivity index (χ0) is 16.5. The smallest absolute Gasteiger partial charge is 0.191 e. The van der Waals surface area contributed by atoms with Crippen LogP contribution in [0.3, 0.4) is 0 Å². The van der Waals surface area contributed by atoms with Gasteiger partial charge in [0.25, 0.3) is 0 Å². The van der Waals surface area contributed by atoms with Gasteiger partial charge in [0, 0.05) is 29.4 Å². The van der Waals surface area contributed by atoms with Gasteiger partial charge in [-0.2, -0.15) is 0 Å². The summed E-state index contributed by atoms with van der Waals surface area (Å²) in [6.07, 6.45) is 0. The quantitative estimate of drug-likeness (QED) is 0.602. The van der Waals surface area contributed by atoms with E-state index in [-0.39, 0.29) is 0 Å². The molecule has 0 saturated carbocycles. The Morgan fingerprint density at radius 3 is 2.74 bits per heavy atom. The molecule has 1 heterocycles. The Morgan fingerprint density at radius 1 is 1.22 bits per heavy atom. The molecule has 4 nitrogen and oxygen atoms in total. The van der Waals surface area contributed by atoms with Crippen LogP contribution in [0.25, 0.3) is 0 Å². The van der Waals surface area contributed by atoms with E-state index in [2.05, 4.69) is 47.0 Å². The summed E-state index contributed by atoms with van der Waals surface area (Å²) in [7, 11) is 1.69. The first-order valence-electron chi connectivity index (χ1n) is 7.92. The van der Waals surface area contributed by atoms with Crippen molar-refractivity contribution in [2.75, 3.05) is 20.2 Å². The Hall–Kier alpha value is -2.01. The van der Waals surface area contributed by atoms with E-state index in [1.54, 1.807) is 18.4 Å². The fourth-order valence-corrected chi connectivity index (χ4v) is 3.05. The standard InChI is InChI=1S/C18H25N3OS/c1-4-19-18(20-12-14(2)17-10-7-11-23-17)21-13-15-8-5-6-9-16(15)22-3/h5-11,14H,4,12-13H2,1-3H3,(H2,19,20,21). The SMILES string of the molecule is CCNC(=NCc1ccccc1OC)NCC(C)c1cccs1. The molecule has 0 bridgehead atoms. The molecule has 1 aromatic carbocycles. The molecule has 0 aliphatic heterocycles. The van der Waals surface area contributed by atoms with E-state index in [4.69, 9.17) is 4.74 Å². The van der Waals surface area contributed by atoms with Gasteiger partial charge in [0.2, 0.25) is 0 Å². The van der Waals surface area contributed by atoms with Crippen LogP contribution >= 0.6 is 11.3 Å². The number of aliphatic imine (C=N–C) groups is 1. The van der Waals surface area contributed by atoms with Gasteiger partial charge in [-0.15, -0.1) is 11.3 Å². The summed E-state index contributed by atoms with van der Waals surface area (Å²) in [4.78, 5) is 6.05. The number of thiophene rings is 1. The average molecular weight is 331 g/mol. The number of guanidine groups is 1. The molecule has 2 N–H and O–H groups in total. The molecule has 1 aromatic heterocycles. The van der Waals surface area contributed by atoms with Gasteiger partial charge in [-0.25, -0.2) is 4.99 Å². The van der Waals surface area contributed by atoms with E-state index >= 15 is 0 Å². The monoisotopic (exact) mass is 331 g/mol. The molecule has 23 heavy (non-hydrogen) atoms. The lowest BCUT2D eigenvalue weighted by Crippen LogP contribution is -2.39. The van der Waals surface area contributed by atoms with Crippen LogP contribution in [0.15, 0.2) is 46.8 Å². The van der Waals surface area contributed by atoms with Gasteiger partial charge >= 0.3 is 0 Å². The molecule has 0 amide bonds. The molecular formula is C18H25N3OS. The third kappa shape index (κ3) is 5.28. The van der Waals surface area contributed by atoms with Crippen LogP contribution in [0.1, 0.15) is 30.2 Å². The van der Waals surface area contributed by atoms with Crippen molar-refractivity contribution in [3.8, 4) is 5.75 Å². The number of para-hydroxylation sites is 1. The van der Waals surface area contributed by atoms with Crippen molar-refractivity contribution in [1.82, 2.24) is 10.6 Å². The summed E-state index contributed by atoms with van der Waals surface area (Å²) in [6, 6.07) is 12.3. The largest absolute Gasteiger partial charge is 0.496 e. The van der Waals surface area contributed by atoms with Gasteiger partial charge in [0.1, 0.15) is 5.75 Å². The highest BCUT2D eigenvalue weighted by Gasteiger charge is 2.08. The third-order valence-corrected chi connectivity index (χ3v) is 4.65. The maximum absolute atomic E-state index is 5.38. The van der Waals surface area contributed by atoms with Gasteiger partial charge in [-0.1, -0.05) is 31.2 Å². The predicted molar refractivity (Wildman–Crippen MR) is 98.5 cm³/mol. The molecule has 0 saturated heterocycles. The van der Waals surface area contributed by atoms with Gasteiger partial charge in [0.05, 0.1) is 13.7 Å². The normalized spacial score (nSPS) is 12.7. The minimum absolute atomic E-state index is 0.463. The van der Waals surface area contributed by atoms with Crippen molar-refractivity contribution in [2.45, 2.75) is 26.3 Å². The molecule has 2 rings (SSSR count). The van der Waals surface area contributed by atoms with Crippen molar-refractivity contribution < 1.29 is 4.74 Å². The molecule has 0 aliphatic rings. The number of nitrogens with zero attached hydrogens (tertiary/aromatic N) is 1. The summed E-state index contributed by atoms with van der Waals surface area (Å²) in [5, 5.41) is 8.83. The minimum Gasteiger partial charge on any atom is -0.496 e. The summed E-state index contributed by atoms with van der Waals surface area (Å²) in [6.45, 7) is 6.59. The van der Waals surface area contributed by atoms with E-state index in [9.17, 15) is 0 Å². The third-order valence-electron chi connectivity index (χ3n) is 3.55. The van der Waals surface area contributed by atoms with Crippen LogP contribution in [-0.4, -0.2) is 26.2 Å². The van der Waals surface area contributed by atoms with Crippen molar-refractivity contribution in [3.63, 3.8) is 0 Å². The summed E-state index contributed by atoms with van der Waals surface area (Å²) in [5.74, 6) is 2.17. The Bertz CT molecular complexity index is 610. The van der Waals surface area contributed by atoms with E-state index in [0.29, 0.717) is 12.5 Å². The number of benzene rings is 1. The number of methoxy groups -OCH3 is 1. The van der Waals surface area contributed by atoms with Crippen LogP contribution in [0.2, 0.25) is 0 Å². The van der Waals surface area contributed by atoms with E-state index in [0.717, 1.165) is 30.4 Å². The molecule has 5 heteroatoms. The number of hydrogen-bond donors (Lipinski definition) is 2. The molecule has 0 spiro atoms. The van der Waals surface area contributed by atoms with Crippen LogP contribution < -0.4 is 15.4 Å². The fourth-order valence-electron chi connectivity index (χ4n) is 2.26. The summed E-state index contributed by atoms with van der Waals surface area (Å²) in [5.41, 5.74) is 1.08. The van der Waals surface area contributed by atoms with E-state index in [1.165, 1.54) is 4.88 Å². The molecular weight excluding hydrogens is 306 g/mol. The summed E-state index contributed by atoms with van der Waals surface area (Å²) >= 11 is 1.79. The number of ether oxygens (including phenoxy) is 1. The molecule has 0 aliphatic carbocycles. The number of rotatable bonds is 7. The Kier molecular flexibility index (Phi) is 6.94. The van der Waals surface area contributed by atoms with Crippen molar-refractivity contribution in [2.24, 2.45) is 4.99 Å². The Balaban J connectivity index is 1.97. The predicted octanol–water partition coefficient (Wildman–Crippen LogP) is 3.62. The topological polar surface area (TPSA) is 45.7 Å². The van der Waals surface area contributed by atoms with Crippen molar-refractivity contribution in [1.29, 1.82) is 0 Å². The molecule has 0 radical (unpaired) electrons. The van der Waals surface area contributed by atoms with Crippen LogP contribution in [-0.2, 0) is 6.54 Å². The molecule has 2 aromatic rings. The highest BCUT2D eigenvalue weighted by molar-refractivity contribution is 7.10. The van der Waals surface area contributed by atoms with E-state index in [1.807, 2.05) is 24.3 Å². The lowest BCUT2D eigenvalue weighted by atomic mass is 10.1. The fraction of sp³-hybridized carbons (Fsp3) is 0.389. The first-order chi connectivity index (χ1) is 11.2. The maximum atomic E-state index is 5.38. The zero-order valence-electron chi connectivity index (χ0n) is 14.0. The molecule has 124 valence electrons. The summed E-state index contributed by atoms with van der Waals surface area (Å²) < 4.78 is 5.38. The Morgan fingerprint density at radius 2 is 2.04 bits per heavy atom. The van der Waals surface area contributed by atoms with E-state index < -0.39 is 0 Å². The first kappa shape index (κ1) is 17.3. The lowest BCUT2D eigenvalue weighted by molar-refractivity contribution is 0.410. The second kappa shape index (κ2) is 9.20. The highest BCUT2D eigenvalue weighted by atomic mass is 32.1. The second-order valence-electron chi connectivity index (χ2n) is 5.30. The second-order valence-corrected chi connectivity index (χ2v) is 6.28. The number of hydrogen-bond acceptors (Lipinski definition) is 3. The zero-order valence-corrected chi connectivity index (χ0v) is 14.8. The molecule has 0 fully saturated rings. The Labute approximate surface area is 142 Å². The van der Waals surface area contributed by atoms with Gasteiger partial charge < -0.3 is 15.4 Å². The van der Waals surface area contributed by atoms with Crippen LogP contribution in [0.4, 0.5) is 0 Å². The van der Waals surface area contributed by atoms with Gasteiger partial charge in [0.15, 0.2) is 5.96 Å². The lowest BCUT2D eigenvalue weighted by Gasteiger charge is -2.15. The van der Waals surface area contributed by atoms with Crippen molar-refractivity contribution >= 4 is 17.3 Å². The maximum Gasteiger partial charge on any atom is 0.191 e. The van der Waals surface area contributed by atoms with Gasteiger partial charge in [-0.3, -0.25) is 0 Å². The van der Waals surface area contributed by atoms with Crippen LogP contribution in [0.5, 0.6) is 5.75 Å². The minimum atomic E-state index is 0.463.